The molecule has 0 saturated carbocycles. The van der Waals surface area contributed by atoms with Crippen LogP contribution in [0.2, 0.25) is 0 Å². The Hall–Kier alpha value is -3.09. The molecule has 6 heteroatoms. The Kier molecular flexibility index (Phi) is 8.73. The molecule has 0 spiro atoms. The van der Waals surface area contributed by atoms with Crippen molar-refractivity contribution in [1.29, 1.82) is 0 Å². The summed E-state index contributed by atoms with van der Waals surface area (Å²) in [4.78, 5) is 20.6. The van der Waals surface area contributed by atoms with Gasteiger partial charge >= 0.3 is 0 Å². The van der Waals surface area contributed by atoms with Gasteiger partial charge < -0.3 is 4.90 Å². The molecule has 0 bridgehead atoms. The van der Waals surface area contributed by atoms with Crippen molar-refractivity contribution in [3.63, 3.8) is 0 Å². The predicted molar refractivity (Wildman–Crippen MR) is 154 cm³/mol. The first kappa shape index (κ1) is 27.5. The van der Waals surface area contributed by atoms with Gasteiger partial charge in [0.2, 0.25) is 5.43 Å². The van der Waals surface area contributed by atoms with Crippen LogP contribution in [0.3, 0.4) is 0 Å². The number of anilines is 1. The molecular formula is C33H39F2N3O. The lowest BCUT2D eigenvalue weighted by Crippen LogP contribution is -2.48. The molecule has 5 rings (SSSR count). The van der Waals surface area contributed by atoms with Crippen molar-refractivity contribution in [3.05, 3.63) is 111 Å². The molecule has 2 aliphatic heterocycles. The summed E-state index contributed by atoms with van der Waals surface area (Å²) >= 11 is 0. The molecule has 0 amide bonds. The molecule has 3 aromatic rings. The quantitative estimate of drug-likeness (QED) is 0.355. The third-order valence-electron chi connectivity index (χ3n) is 8.21. The fourth-order valence-electron chi connectivity index (χ4n) is 5.93. The standard InChI is InChI=1S/C33H39F2N3O/c1-24(2)26-11-12-27(33(39)31(21-26)37-15-7-4-8-16-37)23-36-17-19-38(20-18-36)32(25-9-5-3-6-10-25)29-14-13-28(34)22-30(29)35/h3,5-6,9-14,21-22,24,32H,4,7-8,15-20,23H2,1-2H3. The van der Waals surface area contributed by atoms with Crippen molar-refractivity contribution in [1.82, 2.24) is 9.80 Å². The van der Waals surface area contributed by atoms with Crippen LogP contribution in [-0.2, 0) is 6.54 Å². The van der Waals surface area contributed by atoms with Gasteiger partial charge in [0, 0.05) is 63.0 Å². The molecule has 3 aromatic carbocycles. The monoisotopic (exact) mass is 531 g/mol. The van der Waals surface area contributed by atoms with Gasteiger partial charge in [0.1, 0.15) is 11.6 Å². The topological polar surface area (TPSA) is 26.8 Å². The molecule has 2 fully saturated rings. The summed E-state index contributed by atoms with van der Waals surface area (Å²) in [6.07, 6.45) is 3.48. The van der Waals surface area contributed by atoms with Gasteiger partial charge in [-0.1, -0.05) is 62.4 Å². The van der Waals surface area contributed by atoms with Crippen LogP contribution in [0.15, 0.2) is 71.5 Å². The zero-order valence-corrected chi connectivity index (χ0v) is 23.1. The van der Waals surface area contributed by atoms with Crippen LogP contribution >= 0.6 is 0 Å². The van der Waals surface area contributed by atoms with Crippen molar-refractivity contribution in [2.24, 2.45) is 0 Å². The average Bonchev–Trinajstić information content (AvgIpc) is 3.11. The second kappa shape index (κ2) is 12.4. The normalized spacial score (nSPS) is 17.9. The minimum atomic E-state index is -0.568. The van der Waals surface area contributed by atoms with E-state index in [1.54, 1.807) is 6.07 Å². The Morgan fingerprint density at radius 2 is 1.49 bits per heavy atom. The fourth-order valence-corrected chi connectivity index (χ4v) is 5.93. The molecule has 0 aliphatic carbocycles. The van der Waals surface area contributed by atoms with E-state index in [4.69, 9.17) is 0 Å². The van der Waals surface area contributed by atoms with E-state index in [0.29, 0.717) is 18.0 Å². The largest absolute Gasteiger partial charge is 0.368 e. The Bertz CT molecular complexity index is 1320. The van der Waals surface area contributed by atoms with Crippen molar-refractivity contribution in [3.8, 4) is 0 Å². The van der Waals surface area contributed by atoms with Crippen LogP contribution in [-0.4, -0.2) is 49.1 Å². The minimum absolute atomic E-state index is 0.141. The zero-order chi connectivity index (χ0) is 27.4. The number of rotatable bonds is 7. The number of benzene rings is 2. The molecule has 0 aromatic heterocycles. The lowest BCUT2D eigenvalue weighted by molar-refractivity contribution is 0.103. The van der Waals surface area contributed by atoms with Crippen molar-refractivity contribution >= 4 is 5.69 Å². The molecule has 4 nitrogen and oxygen atoms in total. The smallest absolute Gasteiger partial charge is 0.206 e. The second-order valence-electron chi connectivity index (χ2n) is 11.2. The van der Waals surface area contributed by atoms with Crippen LogP contribution in [0.5, 0.6) is 0 Å². The van der Waals surface area contributed by atoms with Gasteiger partial charge in [-0.2, -0.15) is 0 Å². The summed E-state index contributed by atoms with van der Waals surface area (Å²) in [5.74, 6) is -0.745. The lowest BCUT2D eigenvalue weighted by atomic mass is 9.95. The molecule has 2 heterocycles. The van der Waals surface area contributed by atoms with Crippen LogP contribution in [0.1, 0.15) is 67.3 Å². The van der Waals surface area contributed by atoms with Crippen molar-refractivity contribution < 1.29 is 8.78 Å². The van der Waals surface area contributed by atoms with Crippen LogP contribution in [0.25, 0.3) is 0 Å². The molecule has 0 radical (unpaired) electrons. The number of hydrogen-bond acceptors (Lipinski definition) is 4. The molecule has 2 saturated heterocycles. The maximum absolute atomic E-state index is 15.0. The third-order valence-corrected chi connectivity index (χ3v) is 8.21. The highest BCUT2D eigenvalue weighted by Crippen LogP contribution is 2.32. The molecule has 1 unspecified atom stereocenters. The molecule has 206 valence electrons. The summed E-state index contributed by atoms with van der Waals surface area (Å²) in [7, 11) is 0. The number of piperazine rings is 1. The molecule has 2 aliphatic rings. The van der Waals surface area contributed by atoms with Gasteiger partial charge in [0.25, 0.3) is 0 Å². The number of piperidine rings is 1. The van der Waals surface area contributed by atoms with E-state index in [9.17, 15) is 13.6 Å². The minimum Gasteiger partial charge on any atom is -0.368 e. The highest BCUT2D eigenvalue weighted by molar-refractivity contribution is 5.50. The van der Waals surface area contributed by atoms with E-state index in [2.05, 4.69) is 40.7 Å². The molecule has 1 atom stereocenters. The maximum Gasteiger partial charge on any atom is 0.206 e. The Labute approximate surface area is 230 Å². The Morgan fingerprint density at radius 3 is 2.15 bits per heavy atom. The number of hydrogen-bond donors (Lipinski definition) is 0. The van der Waals surface area contributed by atoms with E-state index in [1.165, 1.54) is 18.1 Å². The Morgan fingerprint density at radius 1 is 0.769 bits per heavy atom. The van der Waals surface area contributed by atoms with Crippen molar-refractivity contribution in [2.45, 2.75) is 51.6 Å². The zero-order valence-electron chi connectivity index (χ0n) is 23.1. The van der Waals surface area contributed by atoms with Crippen molar-refractivity contribution in [2.75, 3.05) is 44.2 Å². The van der Waals surface area contributed by atoms with Crippen LogP contribution in [0.4, 0.5) is 14.5 Å². The molecule has 0 N–H and O–H groups in total. The summed E-state index contributed by atoms with van der Waals surface area (Å²) < 4.78 is 28.7. The third kappa shape index (κ3) is 6.39. The van der Waals surface area contributed by atoms with E-state index in [1.807, 2.05) is 36.4 Å². The summed E-state index contributed by atoms with van der Waals surface area (Å²) in [5, 5.41) is 0. The summed E-state index contributed by atoms with van der Waals surface area (Å²) in [5.41, 5.74) is 4.48. The second-order valence-corrected chi connectivity index (χ2v) is 11.2. The van der Waals surface area contributed by atoms with Gasteiger partial charge in [-0.15, -0.1) is 0 Å². The first-order chi connectivity index (χ1) is 18.9. The lowest BCUT2D eigenvalue weighted by Gasteiger charge is -2.39. The van der Waals surface area contributed by atoms with E-state index in [-0.39, 0.29) is 11.5 Å². The average molecular weight is 532 g/mol. The highest BCUT2D eigenvalue weighted by Gasteiger charge is 2.29. The maximum atomic E-state index is 15.0. The highest BCUT2D eigenvalue weighted by atomic mass is 19.1. The first-order valence-corrected chi connectivity index (χ1v) is 14.3. The van der Waals surface area contributed by atoms with Crippen LogP contribution in [0, 0.1) is 11.6 Å². The molecular weight excluding hydrogens is 492 g/mol. The van der Waals surface area contributed by atoms with E-state index in [0.717, 1.165) is 75.0 Å². The first-order valence-electron chi connectivity index (χ1n) is 14.3. The number of nitrogens with zero attached hydrogens (tertiary/aromatic N) is 3. The summed E-state index contributed by atoms with van der Waals surface area (Å²) in [6.45, 7) is 9.80. The van der Waals surface area contributed by atoms with Gasteiger partial charge in [-0.25, -0.2) is 8.78 Å². The van der Waals surface area contributed by atoms with Gasteiger partial charge in [0.15, 0.2) is 0 Å². The number of halogens is 2. The van der Waals surface area contributed by atoms with Crippen LogP contribution < -0.4 is 10.3 Å². The summed E-state index contributed by atoms with van der Waals surface area (Å²) in [6, 6.07) is 19.7. The SMILES string of the molecule is CC(C)c1ccc(CN2CCN(C(c3ccccc3)c3ccc(F)cc3F)CC2)c(=O)c(N2CCCCC2)c1. The Balaban J connectivity index is 1.36. The van der Waals surface area contributed by atoms with Gasteiger partial charge in [-0.3, -0.25) is 14.6 Å². The molecule has 39 heavy (non-hydrogen) atoms. The van der Waals surface area contributed by atoms with E-state index >= 15 is 0 Å². The predicted octanol–water partition coefficient (Wildman–Crippen LogP) is 6.35. The van der Waals surface area contributed by atoms with E-state index < -0.39 is 11.6 Å². The fraction of sp³-hybridized carbons (Fsp3) is 0.424. The van der Waals surface area contributed by atoms with Gasteiger partial charge in [-0.05, 0) is 48.4 Å². The van der Waals surface area contributed by atoms with Gasteiger partial charge in [0.05, 0.1) is 11.7 Å².